The van der Waals surface area contributed by atoms with Gasteiger partial charge < -0.3 is 15.2 Å². The molecule has 166 valence electrons. The number of benzene rings is 3. The molecule has 0 heterocycles. The Morgan fingerprint density at radius 2 is 1.85 bits per heavy atom. The van der Waals surface area contributed by atoms with Gasteiger partial charge in [0.1, 0.15) is 24.0 Å². The Morgan fingerprint density at radius 1 is 1.12 bits per heavy atom. The molecule has 0 bridgehead atoms. The number of carboxylic acids is 1. The van der Waals surface area contributed by atoms with Gasteiger partial charge in [0.2, 0.25) is 0 Å². The minimum atomic E-state index is -0.992. The van der Waals surface area contributed by atoms with Crippen LogP contribution in [0.5, 0.6) is 5.75 Å². The zero-order valence-electron chi connectivity index (χ0n) is 18.1. The molecule has 7 heteroatoms. The molecule has 0 aliphatic carbocycles. The molecule has 0 aromatic heterocycles. The molecule has 2 N–H and O–H groups in total. The average molecular weight is 461 g/mol. The van der Waals surface area contributed by atoms with Crippen LogP contribution in [0.3, 0.4) is 0 Å². The largest absolute Gasteiger partial charge is 0.487 e. The van der Waals surface area contributed by atoms with Crippen LogP contribution in [0.2, 0.25) is 5.02 Å². The van der Waals surface area contributed by atoms with Gasteiger partial charge in [0, 0.05) is 5.69 Å². The number of nitriles is 1. The maximum atomic E-state index is 12.6. The van der Waals surface area contributed by atoms with E-state index in [2.05, 4.69) is 5.32 Å². The molecule has 3 aromatic carbocycles. The van der Waals surface area contributed by atoms with Crippen molar-refractivity contribution in [2.75, 3.05) is 5.32 Å². The lowest BCUT2D eigenvalue weighted by atomic mass is 10.1. The molecule has 0 saturated heterocycles. The fourth-order valence-electron chi connectivity index (χ4n) is 3.02. The van der Waals surface area contributed by atoms with Gasteiger partial charge in [-0.3, -0.25) is 4.79 Å². The summed E-state index contributed by atoms with van der Waals surface area (Å²) in [6.45, 7) is 4.05. The lowest BCUT2D eigenvalue weighted by Crippen LogP contribution is -2.14. The number of aromatic carboxylic acids is 1. The van der Waals surface area contributed by atoms with E-state index in [-0.39, 0.29) is 17.7 Å². The molecule has 0 spiro atoms. The highest BCUT2D eigenvalue weighted by atomic mass is 35.5. The summed E-state index contributed by atoms with van der Waals surface area (Å²) in [4.78, 5) is 23.5. The molecule has 1 amide bonds. The molecule has 3 aromatic rings. The first-order valence-corrected chi connectivity index (χ1v) is 10.4. The number of hydrogen-bond acceptors (Lipinski definition) is 4. The summed E-state index contributed by atoms with van der Waals surface area (Å²) < 4.78 is 5.72. The second kappa shape index (κ2) is 10.5. The van der Waals surface area contributed by atoms with E-state index in [1.165, 1.54) is 18.2 Å². The maximum Gasteiger partial charge on any atom is 0.335 e. The molecule has 0 saturated carbocycles. The van der Waals surface area contributed by atoms with Crippen LogP contribution in [0.15, 0.2) is 66.2 Å². The molecule has 0 aliphatic heterocycles. The number of carbonyl (C=O) groups excluding carboxylic acids is 1. The minimum Gasteiger partial charge on any atom is -0.487 e. The number of anilines is 1. The zero-order chi connectivity index (χ0) is 24.0. The van der Waals surface area contributed by atoms with Crippen LogP contribution in [-0.4, -0.2) is 17.0 Å². The van der Waals surface area contributed by atoms with Crippen molar-refractivity contribution in [3.8, 4) is 11.8 Å². The molecule has 3 rings (SSSR count). The molecule has 0 aliphatic rings. The SMILES string of the molecule is Cc1cccc(NC(=O)/C(C#N)=C/c2ccc(OCc3ccc(C(=O)O)cc3)c(Cl)c2)c1C. The Morgan fingerprint density at radius 3 is 2.48 bits per heavy atom. The molecular formula is C26H21ClN2O4. The molecule has 33 heavy (non-hydrogen) atoms. The first kappa shape index (κ1) is 23.6. The van der Waals surface area contributed by atoms with Crippen LogP contribution in [-0.2, 0) is 11.4 Å². The normalized spacial score (nSPS) is 10.9. The first-order valence-electron chi connectivity index (χ1n) is 10.0. The predicted molar refractivity (Wildman–Crippen MR) is 127 cm³/mol. The van der Waals surface area contributed by atoms with Crippen LogP contribution in [0.4, 0.5) is 5.69 Å². The van der Waals surface area contributed by atoms with Crippen LogP contribution in [0, 0.1) is 25.2 Å². The monoisotopic (exact) mass is 460 g/mol. The Labute approximate surface area is 196 Å². The van der Waals surface area contributed by atoms with E-state index in [0.29, 0.717) is 22.0 Å². The van der Waals surface area contributed by atoms with Gasteiger partial charge in [-0.2, -0.15) is 5.26 Å². The van der Waals surface area contributed by atoms with Crippen molar-refractivity contribution in [1.82, 2.24) is 0 Å². The van der Waals surface area contributed by atoms with Gasteiger partial charge in [0.15, 0.2) is 0 Å². The quantitative estimate of drug-likeness (QED) is 0.344. The summed E-state index contributed by atoms with van der Waals surface area (Å²) in [5.41, 5.74) is 4.13. The summed E-state index contributed by atoms with van der Waals surface area (Å²) in [6.07, 6.45) is 1.46. The summed E-state index contributed by atoms with van der Waals surface area (Å²) >= 11 is 6.32. The van der Waals surface area contributed by atoms with Crippen LogP contribution in [0.25, 0.3) is 6.08 Å². The maximum absolute atomic E-state index is 12.6. The van der Waals surface area contributed by atoms with Crippen molar-refractivity contribution in [3.63, 3.8) is 0 Å². The summed E-state index contributed by atoms with van der Waals surface area (Å²) in [5.74, 6) is -1.07. The van der Waals surface area contributed by atoms with Crippen LogP contribution >= 0.6 is 11.6 Å². The van der Waals surface area contributed by atoms with Crippen LogP contribution in [0.1, 0.15) is 32.6 Å². The smallest absolute Gasteiger partial charge is 0.335 e. The minimum absolute atomic E-state index is 0.0563. The number of aryl methyl sites for hydroxylation is 1. The summed E-state index contributed by atoms with van der Waals surface area (Å²) in [7, 11) is 0. The lowest BCUT2D eigenvalue weighted by molar-refractivity contribution is -0.112. The number of carbonyl (C=O) groups is 2. The Kier molecular flexibility index (Phi) is 7.50. The summed E-state index contributed by atoms with van der Waals surface area (Å²) in [6, 6.07) is 18.8. The summed E-state index contributed by atoms with van der Waals surface area (Å²) in [5, 5.41) is 21.5. The fourth-order valence-corrected chi connectivity index (χ4v) is 3.26. The van der Waals surface area contributed by atoms with Crippen molar-refractivity contribution in [3.05, 3.63) is 99.1 Å². The number of hydrogen-bond donors (Lipinski definition) is 2. The van der Waals surface area contributed by atoms with E-state index in [1.54, 1.807) is 36.4 Å². The topological polar surface area (TPSA) is 99.4 Å². The highest BCUT2D eigenvalue weighted by Crippen LogP contribution is 2.27. The number of rotatable bonds is 7. The van der Waals surface area contributed by atoms with E-state index >= 15 is 0 Å². The van der Waals surface area contributed by atoms with Gasteiger partial charge in [0.05, 0.1) is 10.6 Å². The third-order valence-electron chi connectivity index (χ3n) is 5.08. The van der Waals surface area contributed by atoms with E-state index < -0.39 is 11.9 Å². The van der Waals surface area contributed by atoms with Gasteiger partial charge >= 0.3 is 5.97 Å². The molecule has 0 unspecified atom stereocenters. The van der Waals surface area contributed by atoms with Crippen LogP contribution < -0.4 is 10.1 Å². The number of amides is 1. The van der Waals surface area contributed by atoms with Crippen molar-refractivity contribution in [1.29, 1.82) is 5.26 Å². The number of ether oxygens (including phenoxy) is 1. The highest BCUT2D eigenvalue weighted by Gasteiger charge is 2.12. The third kappa shape index (κ3) is 6.00. The first-order chi connectivity index (χ1) is 15.8. The average Bonchev–Trinajstić information content (AvgIpc) is 2.80. The number of nitrogens with zero attached hydrogens (tertiary/aromatic N) is 1. The van der Waals surface area contributed by atoms with Crippen molar-refractivity contribution in [2.45, 2.75) is 20.5 Å². The van der Waals surface area contributed by atoms with Gasteiger partial charge in [-0.15, -0.1) is 0 Å². The lowest BCUT2D eigenvalue weighted by Gasteiger charge is -2.10. The molecular weight excluding hydrogens is 440 g/mol. The Bertz CT molecular complexity index is 1270. The van der Waals surface area contributed by atoms with E-state index in [9.17, 15) is 14.9 Å². The van der Waals surface area contributed by atoms with Gasteiger partial charge in [-0.1, -0.05) is 41.9 Å². The van der Waals surface area contributed by atoms with E-state index in [1.807, 2.05) is 32.0 Å². The van der Waals surface area contributed by atoms with Crippen molar-refractivity contribution >= 4 is 35.2 Å². The predicted octanol–water partition coefficient (Wildman–Crippen LogP) is 5.78. The standard InChI is InChI=1S/C26H21ClN2O4/c1-16-4-3-5-23(17(16)2)29-25(30)21(14-28)12-19-8-11-24(22(27)13-19)33-15-18-6-9-20(10-7-18)26(31)32/h3-13H,15H2,1-2H3,(H,29,30)(H,31,32)/b21-12+. The van der Waals surface area contributed by atoms with Gasteiger partial charge in [0.25, 0.3) is 5.91 Å². The molecule has 0 atom stereocenters. The number of carboxylic acid groups (broad SMARTS) is 1. The fraction of sp³-hybridized carbons (Fsp3) is 0.115. The number of halogens is 1. The van der Waals surface area contributed by atoms with Crippen molar-refractivity contribution < 1.29 is 19.4 Å². The van der Waals surface area contributed by atoms with E-state index in [0.717, 1.165) is 16.7 Å². The van der Waals surface area contributed by atoms with Gasteiger partial charge in [-0.25, -0.2) is 4.79 Å². The van der Waals surface area contributed by atoms with Gasteiger partial charge in [-0.05, 0) is 72.5 Å². The zero-order valence-corrected chi connectivity index (χ0v) is 18.8. The second-order valence-electron chi connectivity index (χ2n) is 7.35. The Balaban J connectivity index is 1.70. The Hall–Kier alpha value is -4.08. The molecule has 0 fully saturated rings. The molecule has 6 nitrogen and oxygen atoms in total. The second-order valence-corrected chi connectivity index (χ2v) is 7.76. The van der Waals surface area contributed by atoms with Crippen molar-refractivity contribution in [2.24, 2.45) is 0 Å². The van der Waals surface area contributed by atoms with E-state index in [4.69, 9.17) is 21.4 Å². The third-order valence-corrected chi connectivity index (χ3v) is 5.38. The number of nitrogens with one attached hydrogen (secondary N) is 1. The highest BCUT2D eigenvalue weighted by molar-refractivity contribution is 6.32. The molecule has 0 radical (unpaired) electrons.